The molecule has 1 heterocycles. The molecule has 0 spiro atoms. The summed E-state index contributed by atoms with van der Waals surface area (Å²) < 4.78 is 15.8. The fraction of sp³-hybridized carbons (Fsp3) is 0.846. The van der Waals surface area contributed by atoms with Crippen LogP contribution in [0.1, 0.15) is 12.8 Å². The van der Waals surface area contributed by atoms with Crippen LogP contribution in [0.25, 0.3) is 0 Å². The summed E-state index contributed by atoms with van der Waals surface area (Å²) in [6.45, 7) is 0.671. The lowest BCUT2D eigenvalue weighted by molar-refractivity contribution is -0.180. The highest BCUT2D eigenvalue weighted by Gasteiger charge is 2.29. The van der Waals surface area contributed by atoms with Gasteiger partial charge >= 0.3 is 11.9 Å². The first kappa shape index (κ1) is 16.9. The summed E-state index contributed by atoms with van der Waals surface area (Å²) in [6, 6.07) is 0. The van der Waals surface area contributed by atoms with E-state index in [2.05, 4.69) is 0 Å². The van der Waals surface area contributed by atoms with E-state index in [9.17, 15) is 9.59 Å². The van der Waals surface area contributed by atoms with E-state index in [1.165, 1.54) is 0 Å². The van der Waals surface area contributed by atoms with Crippen molar-refractivity contribution in [1.82, 2.24) is 9.80 Å². The monoisotopic (exact) mass is 288 g/mol. The summed E-state index contributed by atoms with van der Waals surface area (Å²) in [5.74, 6) is -0.600. The summed E-state index contributed by atoms with van der Waals surface area (Å²) in [5.41, 5.74) is 0. The van der Waals surface area contributed by atoms with Gasteiger partial charge in [-0.1, -0.05) is 0 Å². The molecule has 1 aliphatic rings. The average Bonchev–Trinajstić information content (AvgIpc) is 2.72. The molecule has 0 bridgehead atoms. The Morgan fingerprint density at radius 3 is 2.25 bits per heavy atom. The number of nitrogens with zero attached hydrogens (tertiary/aromatic N) is 2. The maximum absolute atomic E-state index is 11.5. The summed E-state index contributed by atoms with van der Waals surface area (Å²) >= 11 is 0. The molecule has 1 aliphatic heterocycles. The molecule has 0 amide bonds. The number of carbonyl (C=O) groups is 2. The molecule has 0 aromatic heterocycles. The third-order valence-electron chi connectivity index (χ3n) is 2.65. The lowest BCUT2D eigenvalue weighted by Crippen LogP contribution is -2.29. The molecule has 2 atom stereocenters. The number of rotatable bonds is 7. The number of ether oxygens (including phenoxy) is 3. The highest BCUT2D eigenvalue weighted by atomic mass is 16.7. The second kappa shape index (κ2) is 8.18. The molecule has 0 aliphatic carbocycles. The van der Waals surface area contributed by atoms with E-state index in [4.69, 9.17) is 14.2 Å². The van der Waals surface area contributed by atoms with Crippen LogP contribution in [0.5, 0.6) is 0 Å². The van der Waals surface area contributed by atoms with E-state index in [-0.39, 0.29) is 37.7 Å². The Morgan fingerprint density at radius 2 is 1.65 bits per heavy atom. The average molecular weight is 288 g/mol. The van der Waals surface area contributed by atoms with Crippen LogP contribution in [-0.4, -0.2) is 82.0 Å². The van der Waals surface area contributed by atoms with Crippen molar-refractivity contribution < 1.29 is 23.8 Å². The zero-order chi connectivity index (χ0) is 15.1. The van der Waals surface area contributed by atoms with Crippen molar-refractivity contribution in [2.75, 3.05) is 47.9 Å². The first-order valence-electron chi connectivity index (χ1n) is 6.67. The summed E-state index contributed by atoms with van der Waals surface area (Å²) in [5, 5.41) is 0. The SMILES string of the molecule is CN(C)CC(=O)OCC1CC[C@H](OC(=O)CN(C)C)O1. The Kier molecular flexibility index (Phi) is 6.90. The number of hydrogen-bond donors (Lipinski definition) is 0. The maximum Gasteiger partial charge on any atom is 0.322 e. The van der Waals surface area contributed by atoms with Crippen LogP contribution in [0, 0.1) is 0 Å². The van der Waals surface area contributed by atoms with Gasteiger partial charge in [-0.05, 0) is 34.6 Å². The van der Waals surface area contributed by atoms with Crippen molar-refractivity contribution in [2.24, 2.45) is 0 Å². The van der Waals surface area contributed by atoms with Crippen molar-refractivity contribution in [3.8, 4) is 0 Å². The molecule has 1 saturated heterocycles. The van der Waals surface area contributed by atoms with Gasteiger partial charge in [-0.3, -0.25) is 19.4 Å². The third kappa shape index (κ3) is 6.83. The fourth-order valence-corrected chi connectivity index (χ4v) is 1.81. The van der Waals surface area contributed by atoms with E-state index in [0.29, 0.717) is 6.42 Å². The molecule has 0 aromatic carbocycles. The van der Waals surface area contributed by atoms with Crippen molar-refractivity contribution in [3.63, 3.8) is 0 Å². The molecule has 0 N–H and O–H groups in total. The van der Waals surface area contributed by atoms with Crippen molar-refractivity contribution in [3.05, 3.63) is 0 Å². The molecule has 0 saturated carbocycles. The molecule has 1 unspecified atom stereocenters. The lowest BCUT2D eigenvalue weighted by Gasteiger charge is -2.16. The predicted molar refractivity (Wildman–Crippen MR) is 72.1 cm³/mol. The molecule has 7 nitrogen and oxygen atoms in total. The second-order valence-corrected chi connectivity index (χ2v) is 5.41. The Balaban J connectivity index is 2.20. The van der Waals surface area contributed by atoms with Gasteiger partial charge in [-0.15, -0.1) is 0 Å². The van der Waals surface area contributed by atoms with Gasteiger partial charge in [0.2, 0.25) is 6.29 Å². The van der Waals surface area contributed by atoms with Gasteiger partial charge in [0.25, 0.3) is 0 Å². The maximum atomic E-state index is 11.5. The predicted octanol–water partition coefficient (Wildman–Crippen LogP) is -0.299. The van der Waals surface area contributed by atoms with E-state index in [0.717, 1.165) is 6.42 Å². The van der Waals surface area contributed by atoms with Crippen molar-refractivity contribution in [1.29, 1.82) is 0 Å². The minimum absolute atomic E-state index is 0.196. The van der Waals surface area contributed by atoms with Gasteiger partial charge in [-0.2, -0.15) is 0 Å². The first-order chi connectivity index (χ1) is 9.36. The van der Waals surface area contributed by atoms with Crippen LogP contribution in [0.2, 0.25) is 0 Å². The number of carbonyl (C=O) groups excluding carboxylic acids is 2. The highest BCUT2D eigenvalue weighted by molar-refractivity contribution is 5.72. The van der Waals surface area contributed by atoms with Crippen molar-refractivity contribution in [2.45, 2.75) is 25.2 Å². The first-order valence-corrected chi connectivity index (χ1v) is 6.67. The Morgan fingerprint density at radius 1 is 1.05 bits per heavy atom. The summed E-state index contributed by atoms with van der Waals surface area (Å²) in [4.78, 5) is 26.3. The van der Waals surface area contributed by atoms with Crippen LogP contribution in [-0.2, 0) is 23.8 Å². The molecule has 20 heavy (non-hydrogen) atoms. The number of hydrogen-bond acceptors (Lipinski definition) is 7. The van der Waals surface area contributed by atoms with Gasteiger partial charge in [-0.25, -0.2) is 0 Å². The van der Waals surface area contributed by atoms with Gasteiger partial charge in [0.05, 0.1) is 19.2 Å². The zero-order valence-corrected chi connectivity index (χ0v) is 12.6. The molecule has 1 rings (SSSR count). The van der Waals surface area contributed by atoms with E-state index < -0.39 is 6.29 Å². The normalized spacial score (nSPS) is 22.3. The second-order valence-electron chi connectivity index (χ2n) is 5.41. The molecule has 0 radical (unpaired) electrons. The lowest BCUT2D eigenvalue weighted by atomic mass is 10.2. The van der Waals surface area contributed by atoms with Gasteiger partial charge in [0.1, 0.15) is 6.61 Å². The highest BCUT2D eigenvalue weighted by Crippen LogP contribution is 2.21. The van der Waals surface area contributed by atoms with E-state index >= 15 is 0 Å². The topological polar surface area (TPSA) is 68.3 Å². The van der Waals surface area contributed by atoms with Gasteiger partial charge in [0, 0.05) is 6.42 Å². The van der Waals surface area contributed by atoms with Crippen LogP contribution < -0.4 is 0 Å². The zero-order valence-electron chi connectivity index (χ0n) is 12.6. The molecule has 116 valence electrons. The summed E-state index contributed by atoms with van der Waals surface area (Å²) in [6.07, 6.45) is 0.628. The molecular formula is C13H24N2O5. The fourth-order valence-electron chi connectivity index (χ4n) is 1.81. The largest absolute Gasteiger partial charge is 0.462 e. The van der Waals surface area contributed by atoms with Crippen molar-refractivity contribution >= 4 is 11.9 Å². The minimum atomic E-state index is -0.528. The smallest absolute Gasteiger partial charge is 0.322 e. The molecular weight excluding hydrogens is 264 g/mol. The minimum Gasteiger partial charge on any atom is -0.462 e. The standard InChI is InChI=1S/C13H24N2O5/c1-14(2)7-11(16)18-9-10-5-6-13(19-10)20-12(17)8-15(3)4/h10,13H,5-9H2,1-4H3/t10?,13-/m0/s1. The Labute approximate surface area is 119 Å². The van der Waals surface area contributed by atoms with Crippen LogP contribution in [0.4, 0.5) is 0 Å². The molecule has 7 heteroatoms. The van der Waals surface area contributed by atoms with Crippen LogP contribution in [0.15, 0.2) is 0 Å². The summed E-state index contributed by atoms with van der Waals surface area (Å²) in [7, 11) is 7.19. The molecule has 1 fully saturated rings. The number of esters is 2. The Hall–Kier alpha value is -1.18. The van der Waals surface area contributed by atoms with Gasteiger partial charge < -0.3 is 14.2 Å². The van der Waals surface area contributed by atoms with Crippen LogP contribution in [0.3, 0.4) is 0 Å². The molecule has 0 aromatic rings. The van der Waals surface area contributed by atoms with E-state index in [1.807, 2.05) is 0 Å². The Bertz CT molecular complexity index is 333. The quantitative estimate of drug-likeness (QED) is 0.596. The van der Waals surface area contributed by atoms with E-state index in [1.54, 1.807) is 38.0 Å². The third-order valence-corrected chi connectivity index (χ3v) is 2.65. The van der Waals surface area contributed by atoms with Gasteiger partial charge in [0.15, 0.2) is 0 Å². The van der Waals surface area contributed by atoms with Crippen LogP contribution >= 0.6 is 0 Å². The number of likely N-dealkylation sites (N-methyl/N-ethyl adjacent to an activating group) is 2.